The lowest BCUT2D eigenvalue weighted by Crippen LogP contribution is -2.61. The lowest BCUT2D eigenvalue weighted by atomic mass is 10.1. The second-order valence-electron chi connectivity index (χ2n) is 3.17. The summed E-state index contributed by atoms with van der Waals surface area (Å²) in [5.41, 5.74) is 0. The SMILES string of the molecule is C=CC[C@@H]1NC(=O)[C@H](CC=C)NC1=O. The van der Waals surface area contributed by atoms with Gasteiger partial charge in [0, 0.05) is 0 Å². The molecule has 2 amide bonds. The monoisotopic (exact) mass is 194 g/mol. The summed E-state index contributed by atoms with van der Waals surface area (Å²) < 4.78 is 0. The summed E-state index contributed by atoms with van der Waals surface area (Å²) in [6.07, 6.45) is 4.13. The maximum atomic E-state index is 11.4. The summed E-state index contributed by atoms with van der Waals surface area (Å²) in [6.45, 7) is 7.04. The highest BCUT2D eigenvalue weighted by Gasteiger charge is 2.31. The maximum Gasteiger partial charge on any atom is 0.243 e. The minimum absolute atomic E-state index is 0.156. The number of carbonyl (C=O) groups is 2. The number of piperazine rings is 1. The van der Waals surface area contributed by atoms with Crippen molar-refractivity contribution in [1.29, 1.82) is 0 Å². The van der Waals surface area contributed by atoms with Gasteiger partial charge in [0.05, 0.1) is 0 Å². The van der Waals surface area contributed by atoms with Gasteiger partial charge in [0.2, 0.25) is 11.8 Å². The maximum absolute atomic E-state index is 11.4. The zero-order chi connectivity index (χ0) is 10.6. The second-order valence-corrected chi connectivity index (χ2v) is 3.17. The first kappa shape index (κ1) is 10.5. The summed E-state index contributed by atoms with van der Waals surface area (Å²) >= 11 is 0. The van der Waals surface area contributed by atoms with E-state index < -0.39 is 12.1 Å². The van der Waals surface area contributed by atoms with Gasteiger partial charge in [0.1, 0.15) is 12.1 Å². The van der Waals surface area contributed by atoms with E-state index in [2.05, 4.69) is 23.8 Å². The van der Waals surface area contributed by atoms with Crippen molar-refractivity contribution in [3.05, 3.63) is 25.3 Å². The van der Waals surface area contributed by atoms with Gasteiger partial charge >= 0.3 is 0 Å². The predicted molar refractivity (Wildman–Crippen MR) is 53.5 cm³/mol. The molecule has 0 bridgehead atoms. The van der Waals surface area contributed by atoms with Crippen LogP contribution in [0.3, 0.4) is 0 Å². The van der Waals surface area contributed by atoms with Gasteiger partial charge in [-0.3, -0.25) is 9.59 Å². The molecule has 0 radical (unpaired) electrons. The van der Waals surface area contributed by atoms with Crippen LogP contribution in [0, 0.1) is 0 Å². The van der Waals surface area contributed by atoms with Crippen LogP contribution in [0.5, 0.6) is 0 Å². The molecule has 4 heteroatoms. The molecule has 1 aliphatic heterocycles. The fourth-order valence-corrected chi connectivity index (χ4v) is 1.34. The standard InChI is InChI=1S/C10H14N2O2/c1-3-5-7-9(13)12-8(6-4-2)10(14)11-7/h3-4,7-8H,1-2,5-6H2,(H,11,14)(H,12,13)/t7-,8-/m0/s1. The Kier molecular flexibility index (Phi) is 3.45. The van der Waals surface area contributed by atoms with Gasteiger partial charge in [-0.25, -0.2) is 0 Å². The molecule has 2 atom stereocenters. The summed E-state index contributed by atoms with van der Waals surface area (Å²) in [5.74, 6) is -0.312. The van der Waals surface area contributed by atoms with Crippen molar-refractivity contribution in [3.63, 3.8) is 0 Å². The van der Waals surface area contributed by atoms with Gasteiger partial charge in [-0.1, -0.05) is 12.2 Å². The van der Waals surface area contributed by atoms with Gasteiger partial charge in [-0.15, -0.1) is 13.2 Å². The van der Waals surface area contributed by atoms with E-state index in [0.717, 1.165) is 0 Å². The third-order valence-corrected chi connectivity index (χ3v) is 2.07. The third kappa shape index (κ3) is 2.22. The fraction of sp³-hybridized carbons (Fsp3) is 0.400. The van der Waals surface area contributed by atoms with Gasteiger partial charge < -0.3 is 10.6 Å². The highest BCUT2D eigenvalue weighted by atomic mass is 16.2. The fourth-order valence-electron chi connectivity index (χ4n) is 1.34. The van der Waals surface area contributed by atoms with Gasteiger partial charge in [0.15, 0.2) is 0 Å². The Balaban J connectivity index is 2.61. The Morgan fingerprint density at radius 3 is 1.64 bits per heavy atom. The second kappa shape index (κ2) is 4.60. The Morgan fingerprint density at radius 2 is 1.36 bits per heavy atom. The molecule has 1 heterocycles. The number of amides is 2. The molecular weight excluding hydrogens is 180 g/mol. The lowest BCUT2D eigenvalue weighted by molar-refractivity contribution is -0.136. The Bertz CT molecular complexity index is 245. The molecule has 0 saturated carbocycles. The average Bonchev–Trinajstić information content (AvgIpc) is 2.14. The predicted octanol–water partition coefficient (Wildman–Crippen LogP) is 0.122. The number of nitrogens with one attached hydrogen (secondary N) is 2. The minimum atomic E-state index is -0.471. The van der Waals surface area contributed by atoms with E-state index in [9.17, 15) is 9.59 Å². The molecule has 1 rings (SSSR count). The summed E-state index contributed by atoms with van der Waals surface area (Å²) in [5, 5.41) is 5.26. The van der Waals surface area contributed by atoms with Crippen molar-refractivity contribution in [1.82, 2.24) is 10.6 Å². The van der Waals surface area contributed by atoms with Crippen LogP contribution >= 0.6 is 0 Å². The van der Waals surface area contributed by atoms with E-state index in [1.165, 1.54) is 0 Å². The molecule has 1 fully saturated rings. The first-order chi connectivity index (χ1) is 6.69. The molecule has 2 N–H and O–H groups in total. The smallest absolute Gasteiger partial charge is 0.243 e. The van der Waals surface area contributed by atoms with Crippen molar-refractivity contribution >= 4 is 11.8 Å². The molecule has 0 spiro atoms. The largest absolute Gasteiger partial charge is 0.342 e. The molecule has 76 valence electrons. The van der Waals surface area contributed by atoms with Crippen molar-refractivity contribution in [2.24, 2.45) is 0 Å². The molecule has 0 aromatic carbocycles. The van der Waals surface area contributed by atoms with Crippen LogP contribution in [-0.4, -0.2) is 23.9 Å². The van der Waals surface area contributed by atoms with Gasteiger partial charge in [-0.2, -0.15) is 0 Å². The van der Waals surface area contributed by atoms with E-state index in [0.29, 0.717) is 12.8 Å². The molecule has 1 aliphatic rings. The Morgan fingerprint density at radius 1 is 1.00 bits per heavy atom. The number of hydrogen-bond donors (Lipinski definition) is 2. The van der Waals surface area contributed by atoms with Crippen LogP contribution in [0.25, 0.3) is 0 Å². The number of hydrogen-bond acceptors (Lipinski definition) is 2. The number of carbonyl (C=O) groups excluding carboxylic acids is 2. The zero-order valence-corrected chi connectivity index (χ0v) is 7.95. The molecule has 0 unspecified atom stereocenters. The summed E-state index contributed by atoms with van der Waals surface area (Å²) in [6, 6.07) is -0.942. The van der Waals surface area contributed by atoms with Crippen LogP contribution in [0.15, 0.2) is 25.3 Å². The normalized spacial score (nSPS) is 26.3. The molecule has 0 aliphatic carbocycles. The topological polar surface area (TPSA) is 58.2 Å². The van der Waals surface area contributed by atoms with E-state index in [1.54, 1.807) is 12.2 Å². The van der Waals surface area contributed by atoms with Crippen LogP contribution in [0.4, 0.5) is 0 Å². The Hall–Kier alpha value is -1.58. The molecule has 0 aromatic heterocycles. The number of rotatable bonds is 4. The van der Waals surface area contributed by atoms with E-state index in [4.69, 9.17) is 0 Å². The lowest BCUT2D eigenvalue weighted by Gasteiger charge is -2.28. The average molecular weight is 194 g/mol. The van der Waals surface area contributed by atoms with Crippen molar-refractivity contribution < 1.29 is 9.59 Å². The van der Waals surface area contributed by atoms with E-state index in [1.807, 2.05) is 0 Å². The quantitative estimate of drug-likeness (QED) is 0.625. The summed E-state index contributed by atoms with van der Waals surface area (Å²) in [7, 11) is 0. The van der Waals surface area contributed by atoms with Gasteiger partial charge in [-0.05, 0) is 12.8 Å². The van der Waals surface area contributed by atoms with Crippen molar-refractivity contribution in [2.45, 2.75) is 24.9 Å². The van der Waals surface area contributed by atoms with Crippen LogP contribution in [0.2, 0.25) is 0 Å². The minimum Gasteiger partial charge on any atom is -0.342 e. The zero-order valence-electron chi connectivity index (χ0n) is 7.95. The van der Waals surface area contributed by atoms with E-state index >= 15 is 0 Å². The molecule has 14 heavy (non-hydrogen) atoms. The van der Waals surface area contributed by atoms with Crippen LogP contribution in [-0.2, 0) is 9.59 Å². The highest BCUT2D eigenvalue weighted by Crippen LogP contribution is 2.04. The highest BCUT2D eigenvalue weighted by molar-refractivity contribution is 5.97. The molecule has 0 aromatic rings. The van der Waals surface area contributed by atoms with Crippen LogP contribution < -0.4 is 10.6 Å². The van der Waals surface area contributed by atoms with Crippen molar-refractivity contribution in [3.8, 4) is 0 Å². The van der Waals surface area contributed by atoms with Crippen molar-refractivity contribution in [2.75, 3.05) is 0 Å². The first-order valence-corrected chi connectivity index (χ1v) is 4.51. The van der Waals surface area contributed by atoms with Crippen LogP contribution in [0.1, 0.15) is 12.8 Å². The molecular formula is C10H14N2O2. The molecule has 4 nitrogen and oxygen atoms in total. The summed E-state index contributed by atoms with van der Waals surface area (Å²) in [4.78, 5) is 22.8. The Labute approximate surface area is 83.1 Å². The van der Waals surface area contributed by atoms with E-state index in [-0.39, 0.29) is 11.8 Å². The molecule has 1 saturated heterocycles. The third-order valence-electron chi connectivity index (χ3n) is 2.07. The first-order valence-electron chi connectivity index (χ1n) is 4.51. The van der Waals surface area contributed by atoms with Gasteiger partial charge in [0.25, 0.3) is 0 Å².